The van der Waals surface area contributed by atoms with Gasteiger partial charge in [-0.05, 0) is 56.7 Å². The molecule has 2 N–H and O–H groups in total. The van der Waals surface area contributed by atoms with E-state index >= 15 is 0 Å². The first-order valence-corrected chi connectivity index (χ1v) is 9.78. The summed E-state index contributed by atoms with van der Waals surface area (Å²) < 4.78 is 22.9. The highest BCUT2D eigenvalue weighted by Gasteiger charge is 2.28. The molecule has 0 unspecified atom stereocenters. The summed E-state index contributed by atoms with van der Waals surface area (Å²) in [6, 6.07) is 10.7. The van der Waals surface area contributed by atoms with Crippen LogP contribution in [0.2, 0.25) is 0 Å². The number of rotatable bonds is 8. The Bertz CT molecular complexity index is 775. The molecule has 0 radical (unpaired) electrons. The van der Waals surface area contributed by atoms with Gasteiger partial charge in [-0.1, -0.05) is 0 Å². The molecule has 1 aliphatic heterocycles. The van der Waals surface area contributed by atoms with Crippen LogP contribution in [0.5, 0.6) is 23.0 Å². The molecule has 0 saturated carbocycles. The molecule has 5 nitrogen and oxygen atoms in total. The monoisotopic (exact) mass is 372 g/mol. The first-order chi connectivity index (χ1) is 13.2. The lowest BCUT2D eigenvalue weighted by Crippen LogP contribution is -2.87. The van der Waals surface area contributed by atoms with Gasteiger partial charge in [0.05, 0.1) is 33.5 Å². The van der Waals surface area contributed by atoms with Gasteiger partial charge < -0.3 is 24.3 Å². The van der Waals surface area contributed by atoms with Crippen molar-refractivity contribution in [2.75, 3.05) is 33.5 Å². The fourth-order valence-corrected chi connectivity index (χ4v) is 3.66. The maximum atomic E-state index is 5.86. The van der Waals surface area contributed by atoms with E-state index in [1.165, 1.54) is 16.7 Å². The van der Waals surface area contributed by atoms with Crippen LogP contribution in [-0.4, -0.2) is 33.5 Å². The van der Waals surface area contributed by atoms with Gasteiger partial charge in [-0.3, -0.25) is 0 Å². The maximum Gasteiger partial charge on any atom is 0.161 e. The van der Waals surface area contributed by atoms with Gasteiger partial charge in [0.25, 0.3) is 0 Å². The second-order valence-electron chi connectivity index (χ2n) is 6.46. The van der Waals surface area contributed by atoms with Crippen LogP contribution in [0.25, 0.3) is 0 Å². The fraction of sp³-hybridized carbons (Fsp3) is 0.455. The van der Waals surface area contributed by atoms with E-state index in [9.17, 15) is 0 Å². The first-order valence-electron chi connectivity index (χ1n) is 9.78. The highest BCUT2D eigenvalue weighted by molar-refractivity contribution is 5.52. The zero-order chi connectivity index (χ0) is 19.2. The van der Waals surface area contributed by atoms with Crippen molar-refractivity contribution >= 4 is 0 Å². The first kappa shape index (κ1) is 19.4. The molecule has 5 heteroatoms. The Labute approximate surface area is 161 Å². The van der Waals surface area contributed by atoms with Gasteiger partial charge in [-0.15, -0.1) is 0 Å². The number of quaternary nitrogens is 1. The molecule has 1 atom stereocenters. The summed E-state index contributed by atoms with van der Waals surface area (Å²) in [4.78, 5) is 0. The molecule has 0 fully saturated rings. The van der Waals surface area contributed by atoms with E-state index in [2.05, 4.69) is 29.6 Å². The van der Waals surface area contributed by atoms with Gasteiger partial charge in [-0.25, -0.2) is 0 Å². The topological polar surface area (TPSA) is 53.5 Å². The van der Waals surface area contributed by atoms with Crippen LogP contribution < -0.4 is 24.3 Å². The van der Waals surface area contributed by atoms with Gasteiger partial charge in [0.2, 0.25) is 0 Å². The second kappa shape index (κ2) is 9.00. The third-order valence-corrected chi connectivity index (χ3v) is 4.80. The Morgan fingerprint density at radius 2 is 1.48 bits per heavy atom. The average Bonchev–Trinajstić information content (AvgIpc) is 2.68. The third-order valence-electron chi connectivity index (χ3n) is 4.80. The predicted molar refractivity (Wildman–Crippen MR) is 105 cm³/mol. The summed E-state index contributed by atoms with van der Waals surface area (Å²) in [5, 5.41) is 2.37. The van der Waals surface area contributed by atoms with Gasteiger partial charge >= 0.3 is 0 Å². The van der Waals surface area contributed by atoms with E-state index in [0.717, 1.165) is 36.0 Å². The van der Waals surface area contributed by atoms with Crippen LogP contribution in [0.1, 0.15) is 43.5 Å². The number of ether oxygens (including phenoxy) is 4. The van der Waals surface area contributed by atoms with Crippen LogP contribution in [0, 0.1) is 0 Å². The number of hydrogen-bond donors (Lipinski definition) is 1. The molecule has 0 aliphatic carbocycles. The van der Waals surface area contributed by atoms with Crippen molar-refractivity contribution in [3.8, 4) is 23.0 Å². The van der Waals surface area contributed by atoms with Crippen LogP contribution in [0.3, 0.4) is 0 Å². The Hall–Kier alpha value is -2.40. The third kappa shape index (κ3) is 4.14. The highest BCUT2D eigenvalue weighted by Crippen LogP contribution is 2.38. The van der Waals surface area contributed by atoms with E-state index in [-0.39, 0.29) is 6.04 Å². The molecular formula is C22H30NO4+. The van der Waals surface area contributed by atoms with Crippen molar-refractivity contribution < 1.29 is 24.3 Å². The standard InChI is InChI=1S/C22H29NO4/c1-5-25-19-13-16(8-9-18(19)24-4)22-17-14-21(27-7-3)20(26-6-2)12-15(17)10-11-23-22/h8-9,12-14,22-23H,5-7,10-11H2,1-4H3/p+1/t22-/m0/s1. The Morgan fingerprint density at radius 3 is 2.11 bits per heavy atom. The summed E-state index contributed by atoms with van der Waals surface area (Å²) in [5.41, 5.74) is 3.80. The molecule has 0 bridgehead atoms. The quantitative estimate of drug-likeness (QED) is 0.774. The SMILES string of the molecule is CCOc1cc([C@@H]2[NH2+]CCc3cc(OCC)c(OCC)cc32)ccc1OC. The Kier molecular flexibility index (Phi) is 6.45. The fourth-order valence-electron chi connectivity index (χ4n) is 3.66. The van der Waals surface area contributed by atoms with Crippen LogP contribution in [0.15, 0.2) is 30.3 Å². The van der Waals surface area contributed by atoms with Crippen LogP contribution in [0.4, 0.5) is 0 Å². The van der Waals surface area contributed by atoms with E-state index in [1.807, 2.05) is 26.8 Å². The molecule has 1 aliphatic rings. The average molecular weight is 372 g/mol. The van der Waals surface area contributed by atoms with Crippen molar-refractivity contribution in [3.63, 3.8) is 0 Å². The van der Waals surface area contributed by atoms with Crippen molar-refractivity contribution in [3.05, 3.63) is 47.0 Å². The second-order valence-corrected chi connectivity index (χ2v) is 6.46. The molecule has 2 aromatic carbocycles. The molecule has 0 saturated heterocycles. The van der Waals surface area contributed by atoms with E-state index in [0.29, 0.717) is 19.8 Å². The molecule has 146 valence electrons. The Balaban J connectivity index is 2.02. The summed E-state index contributed by atoms with van der Waals surface area (Å²) in [5.74, 6) is 3.20. The lowest BCUT2D eigenvalue weighted by atomic mass is 9.89. The highest BCUT2D eigenvalue weighted by atomic mass is 16.5. The molecule has 27 heavy (non-hydrogen) atoms. The van der Waals surface area contributed by atoms with Gasteiger partial charge in [0.15, 0.2) is 23.0 Å². The molecule has 2 aromatic rings. The zero-order valence-corrected chi connectivity index (χ0v) is 16.7. The van der Waals surface area contributed by atoms with Gasteiger partial charge in [-0.2, -0.15) is 0 Å². The van der Waals surface area contributed by atoms with Gasteiger partial charge in [0.1, 0.15) is 6.04 Å². The predicted octanol–water partition coefficient (Wildman–Crippen LogP) is 3.10. The smallest absolute Gasteiger partial charge is 0.161 e. The maximum absolute atomic E-state index is 5.86. The molecule has 1 heterocycles. The summed E-state index contributed by atoms with van der Waals surface area (Å²) in [7, 11) is 1.67. The molecule has 0 amide bonds. The molecule has 0 aromatic heterocycles. The van der Waals surface area contributed by atoms with Gasteiger partial charge in [0, 0.05) is 17.5 Å². The normalized spacial score (nSPS) is 15.8. The number of fused-ring (bicyclic) bond motifs is 1. The largest absolute Gasteiger partial charge is 0.493 e. The Morgan fingerprint density at radius 1 is 0.852 bits per heavy atom. The van der Waals surface area contributed by atoms with Crippen molar-refractivity contribution in [1.29, 1.82) is 0 Å². The number of methoxy groups -OCH3 is 1. The van der Waals surface area contributed by atoms with Crippen molar-refractivity contribution in [2.24, 2.45) is 0 Å². The lowest BCUT2D eigenvalue weighted by molar-refractivity contribution is -0.690. The molecular weight excluding hydrogens is 342 g/mol. The molecule has 0 spiro atoms. The summed E-state index contributed by atoms with van der Waals surface area (Å²) in [6.45, 7) is 8.87. The minimum atomic E-state index is 0.203. The van der Waals surface area contributed by atoms with Crippen LogP contribution in [-0.2, 0) is 6.42 Å². The van der Waals surface area contributed by atoms with E-state index in [4.69, 9.17) is 18.9 Å². The lowest BCUT2D eigenvalue weighted by Gasteiger charge is -2.26. The minimum absolute atomic E-state index is 0.203. The van der Waals surface area contributed by atoms with Crippen molar-refractivity contribution in [2.45, 2.75) is 33.2 Å². The summed E-state index contributed by atoms with van der Waals surface area (Å²) in [6.07, 6.45) is 1.02. The number of benzene rings is 2. The van der Waals surface area contributed by atoms with Crippen LogP contribution >= 0.6 is 0 Å². The van der Waals surface area contributed by atoms with E-state index < -0.39 is 0 Å². The minimum Gasteiger partial charge on any atom is -0.493 e. The number of hydrogen-bond acceptors (Lipinski definition) is 4. The van der Waals surface area contributed by atoms with Crippen molar-refractivity contribution in [1.82, 2.24) is 0 Å². The number of nitrogens with two attached hydrogens (primary N) is 1. The van der Waals surface area contributed by atoms with E-state index in [1.54, 1.807) is 7.11 Å². The molecule has 3 rings (SSSR count). The zero-order valence-electron chi connectivity index (χ0n) is 16.7. The summed E-state index contributed by atoms with van der Waals surface area (Å²) >= 11 is 0.